The summed E-state index contributed by atoms with van der Waals surface area (Å²) in [4.78, 5) is 0. The van der Waals surface area contributed by atoms with Crippen molar-refractivity contribution in [3.63, 3.8) is 0 Å². The standard InChI is InChI=1S/C15H31NO/c1-5-17-11-14(4)16-12-15(10-13(2)3)8-6-7-9-15/h13-14,16H,5-12H2,1-4H3. The predicted molar refractivity (Wildman–Crippen MR) is 74.3 cm³/mol. The van der Waals surface area contributed by atoms with Crippen molar-refractivity contribution in [2.45, 2.75) is 65.8 Å². The zero-order valence-corrected chi connectivity index (χ0v) is 12.2. The largest absolute Gasteiger partial charge is 0.380 e. The van der Waals surface area contributed by atoms with E-state index in [2.05, 4.69) is 33.0 Å². The molecule has 2 heteroatoms. The summed E-state index contributed by atoms with van der Waals surface area (Å²) in [5.41, 5.74) is 0.578. The van der Waals surface area contributed by atoms with Crippen molar-refractivity contribution in [2.75, 3.05) is 19.8 Å². The molecule has 0 aromatic heterocycles. The molecule has 1 unspecified atom stereocenters. The second-order valence-corrected chi connectivity index (χ2v) is 6.25. The molecule has 0 amide bonds. The van der Waals surface area contributed by atoms with Crippen molar-refractivity contribution in [2.24, 2.45) is 11.3 Å². The fraction of sp³-hybridized carbons (Fsp3) is 1.00. The molecule has 1 aliphatic rings. The Kier molecular flexibility index (Phi) is 6.50. The second kappa shape index (κ2) is 7.38. The lowest BCUT2D eigenvalue weighted by Gasteiger charge is -2.32. The summed E-state index contributed by atoms with van der Waals surface area (Å²) >= 11 is 0. The van der Waals surface area contributed by atoms with Crippen molar-refractivity contribution in [1.29, 1.82) is 0 Å². The smallest absolute Gasteiger partial charge is 0.0616 e. The van der Waals surface area contributed by atoms with Crippen molar-refractivity contribution in [3.05, 3.63) is 0 Å². The minimum absolute atomic E-state index is 0.486. The van der Waals surface area contributed by atoms with Crippen LogP contribution in [0.5, 0.6) is 0 Å². The fourth-order valence-electron chi connectivity index (χ4n) is 3.19. The van der Waals surface area contributed by atoms with E-state index in [1.165, 1.54) is 38.6 Å². The van der Waals surface area contributed by atoms with E-state index in [1.807, 2.05) is 0 Å². The maximum atomic E-state index is 5.46. The highest BCUT2D eigenvalue weighted by Gasteiger charge is 2.34. The maximum Gasteiger partial charge on any atom is 0.0616 e. The quantitative estimate of drug-likeness (QED) is 0.701. The third-order valence-electron chi connectivity index (χ3n) is 3.90. The van der Waals surface area contributed by atoms with Crippen LogP contribution < -0.4 is 5.32 Å². The van der Waals surface area contributed by atoms with Gasteiger partial charge in [-0.2, -0.15) is 0 Å². The summed E-state index contributed by atoms with van der Waals surface area (Å²) in [5.74, 6) is 0.817. The van der Waals surface area contributed by atoms with Crippen LogP contribution in [-0.2, 0) is 4.74 Å². The van der Waals surface area contributed by atoms with Gasteiger partial charge in [-0.1, -0.05) is 26.7 Å². The SMILES string of the molecule is CCOCC(C)NCC1(CC(C)C)CCCC1. The molecular formula is C15H31NO. The van der Waals surface area contributed by atoms with Crippen LogP contribution in [0, 0.1) is 11.3 Å². The average Bonchev–Trinajstić information content (AvgIpc) is 2.71. The zero-order chi connectivity index (χ0) is 12.7. The summed E-state index contributed by atoms with van der Waals surface area (Å²) in [5, 5.41) is 3.68. The lowest BCUT2D eigenvalue weighted by molar-refractivity contribution is 0.118. The molecule has 1 rings (SSSR count). The molecule has 1 aliphatic carbocycles. The van der Waals surface area contributed by atoms with Crippen LogP contribution in [-0.4, -0.2) is 25.8 Å². The number of nitrogens with one attached hydrogen (secondary N) is 1. The summed E-state index contributed by atoms with van der Waals surface area (Å²) in [6, 6.07) is 0.486. The Bertz CT molecular complexity index is 197. The van der Waals surface area contributed by atoms with Gasteiger partial charge < -0.3 is 10.1 Å². The molecule has 2 nitrogen and oxygen atoms in total. The van der Waals surface area contributed by atoms with E-state index < -0.39 is 0 Å². The van der Waals surface area contributed by atoms with Gasteiger partial charge in [0, 0.05) is 19.2 Å². The second-order valence-electron chi connectivity index (χ2n) is 6.25. The van der Waals surface area contributed by atoms with Crippen LogP contribution in [0.2, 0.25) is 0 Å². The van der Waals surface area contributed by atoms with Crippen LogP contribution in [0.1, 0.15) is 59.8 Å². The summed E-state index contributed by atoms with van der Waals surface area (Å²) in [6.45, 7) is 11.8. The zero-order valence-electron chi connectivity index (χ0n) is 12.2. The molecule has 0 saturated heterocycles. The van der Waals surface area contributed by atoms with E-state index in [-0.39, 0.29) is 0 Å². The summed E-state index contributed by atoms with van der Waals surface area (Å²) in [6.07, 6.45) is 7.06. The molecule has 0 bridgehead atoms. The summed E-state index contributed by atoms with van der Waals surface area (Å²) in [7, 11) is 0. The first-order chi connectivity index (χ1) is 8.08. The molecule has 0 spiro atoms. The molecular weight excluding hydrogens is 210 g/mol. The number of rotatable bonds is 8. The van der Waals surface area contributed by atoms with Gasteiger partial charge in [-0.05, 0) is 44.4 Å². The lowest BCUT2D eigenvalue weighted by atomic mass is 9.78. The third-order valence-corrected chi connectivity index (χ3v) is 3.90. The average molecular weight is 241 g/mol. The number of hydrogen-bond donors (Lipinski definition) is 1. The van der Waals surface area contributed by atoms with Gasteiger partial charge in [0.2, 0.25) is 0 Å². The van der Waals surface area contributed by atoms with Gasteiger partial charge in [0.05, 0.1) is 6.61 Å². The first kappa shape index (κ1) is 15.0. The van der Waals surface area contributed by atoms with Crippen LogP contribution >= 0.6 is 0 Å². The van der Waals surface area contributed by atoms with E-state index in [0.717, 1.165) is 19.1 Å². The minimum Gasteiger partial charge on any atom is -0.380 e. The van der Waals surface area contributed by atoms with Gasteiger partial charge >= 0.3 is 0 Å². The molecule has 17 heavy (non-hydrogen) atoms. The topological polar surface area (TPSA) is 21.3 Å². The third kappa shape index (κ3) is 5.39. The van der Waals surface area contributed by atoms with Crippen molar-refractivity contribution < 1.29 is 4.74 Å². The maximum absolute atomic E-state index is 5.46. The monoisotopic (exact) mass is 241 g/mol. The Hall–Kier alpha value is -0.0800. The first-order valence-corrected chi connectivity index (χ1v) is 7.39. The summed E-state index contributed by atoms with van der Waals surface area (Å²) < 4.78 is 5.46. The highest BCUT2D eigenvalue weighted by atomic mass is 16.5. The molecule has 1 N–H and O–H groups in total. The van der Waals surface area contributed by atoms with Gasteiger partial charge in [-0.15, -0.1) is 0 Å². The molecule has 0 aromatic rings. The van der Waals surface area contributed by atoms with Gasteiger partial charge in [-0.25, -0.2) is 0 Å². The molecule has 1 saturated carbocycles. The van der Waals surface area contributed by atoms with Gasteiger partial charge in [0.15, 0.2) is 0 Å². The number of ether oxygens (including phenoxy) is 1. The van der Waals surface area contributed by atoms with Gasteiger partial charge in [-0.3, -0.25) is 0 Å². The van der Waals surface area contributed by atoms with E-state index in [4.69, 9.17) is 4.74 Å². The normalized spacial score (nSPS) is 21.0. The highest BCUT2D eigenvalue weighted by molar-refractivity contribution is 4.88. The highest BCUT2D eigenvalue weighted by Crippen LogP contribution is 2.42. The Morgan fingerprint density at radius 1 is 1.18 bits per heavy atom. The predicted octanol–water partition coefficient (Wildman–Crippen LogP) is 3.61. The Morgan fingerprint density at radius 3 is 2.35 bits per heavy atom. The first-order valence-electron chi connectivity index (χ1n) is 7.39. The van der Waals surface area contributed by atoms with Crippen LogP contribution in [0.25, 0.3) is 0 Å². The lowest BCUT2D eigenvalue weighted by Crippen LogP contribution is -2.40. The Balaban J connectivity index is 2.34. The van der Waals surface area contributed by atoms with Gasteiger partial charge in [0.1, 0.15) is 0 Å². The molecule has 0 heterocycles. The molecule has 0 aliphatic heterocycles. The van der Waals surface area contributed by atoms with E-state index in [9.17, 15) is 0 Å². The van der Waals surface area contributed by atoms with E-state index >= 15 is 0 Å². The van der Waals surface area contributed by atoms with E-state index in [0.29, 0.717) is 11.5 Å². The Morgan fingerprint density at radius 2 is 1.82 bits per heavy atom. The Labute approximate surface area is 108 Å². The van der Waals surface area contributed by atoms with Crippen LogP contribution in [0.15, 0.2) is 0 Å². The van der Waals surface area contributed by atoms with Crippen molar-refractivity contribution >= 4 is 0 Å². The fourth-order valence-corrected chi connectivity index (χ4v) is 3.19. The van der Waals surface area contributed by atoms with Crippen LogP contribution in [0.4, 0.5) is 0 Å². The molecule has 1 fully saturated rings. The van der Waals surface area contributed by atoms with Crippen molar-refractivity contribution in [3.8, 4) is 0 Å². The molecule has 1 atom stereocenters. The van der Waals surface area contributed by atoms with Crippen LogP contribution in [0.3, 0.4) is 0 Å². The van der Waals surface area contributed by atoms with E-state index in [1.54, 1.807) is 0 Å². The molecule has 0 aromatic carbocycles. The van der Waals surface area contributed by atoms with Crippen molar-refractivity contribution in [1.82, 2.24) is 5.32 Å². The van der Waals surface area contributed by atoms with Gasteiger partial charge in [0.25, 0.3) is 0 Å². The minimum atomic E-state index is 0.486. The molecule has 102 valence electrons. The number of hydrogen-bond acceptors (Lipinski definition) is 2. The molecule has 0 radical (unpaired) electrons.